The normalized spacial score (nSPS) is 17.4. The lowest BCUT2D eigenvalue weighted by atomic mass is 9.72. The summed E-state index contributed by atoms with van der Waals surface area (Å²) < 4.78 is 0. The van der Waals surface area contributed by atoms with E-state index in [1.807, 2.05) is 0 Å². The van der Waals surface area contributed by atoms with E-state index < -0.39 is 5.97 Å². The molecule has 21 heavy (non-hydrogen) atoms. The van der Waals surface area contributed by atoms with Crippen molar-refractivity contribution >= 4 is 23.6 Å². The van der Waals surface area contributed by atoms with Gasteiger partial charge in [-0.1, -0.05) is 19.3 Å². The first-order valence-electron chi connectivity index (χ1n) is 7.66. The molecule has 0 aromatic rings. The molecule has 1 rings (SSSR count). The minimum absolute atomic E-state index is 0.0613. The summed E-state index contributed by atoms with van der Waals surface area (Å²) in [5.41, 5.74) is -0.0613. The smallest absolute Gasteiger partial charge is 0.303 e. The number of carboxylic acids is 1. The van der Waals surface area contributed by atoms with Gasteiger partial charge in [-0.15, -0.1) is 0 Å². The van der Waals surface area contributed by atoms with Gasteiger partial charge in [-0.3, -0.25) is 9.59 Å². The van der Waals surface area contributed by atoms with Gasteiger partial charge in [0.05, 0.1) is 12.2 Å². The Labute approximate surface area is 131 Å². The van der Waals surface area contributed by atoms with Gasteiger partial charge in [0.15, 0.2) is 0 Å². The van der Waals surface area contributed by atoms with Gasteiger partial charge in [-0.05, 0) is 18.3 Å². The zero-order valence-corrected chi connectivity index (χ0v) is 14.0. The first-order valence-corrected chi connectivity index (χ1v) is 8.81. The predicted octanol–water partition coefficient (Wildman–Crippen LogP) is 1.82. The highest BCUT2D eigenvalue weighted by atomic mass is 32.2. The van der Waals surface area contributed by atoms with Crippen molar-refractivity contribution in [2.45, 2.75) is 38.5 Å². The van der Waals surface area contributed by atoms with E-state index in [1.54, 1.807) is 30.8 Å². The molecule has 1 aliphatic rings. The van der Waals surface area contributed by atoms with E-state index in [0.29, 0.717) is 5.75 Å². The summed E-state index contributed by atoms with van der Waals surface area (Å²) in [7, 11) is 3.53. The average molecular weight is 316 g/mol. The van der Waals surface area contributed by atoms with Crippen molar-refractivity contribution in [2.24, 2.45) is 5.41 Å². The Morgan fingerprint density at radius 3 is 2.48 bits per heavy atom. The summed E-state index contributed by atoms with van der Waals surface area (Å²) in [6.45, 7) is 1.61. The summed E-state index contributed by atoms with van der Waals surface area (Å²) in [5.74, 6) is 0.830. The summed E-state index contributed by atoms with van der Waals surface area (Å²) in [6, 6.07) is 0. The van der Waals surface area contributed by atoms with Crippen molar-refractivity contribution in [3.05, 3.63) is 0 Å². The van der Waals surface area contributed by atoms with Crippen LogP contribution in [0.4, 0.5) is 0 Å². The highest BCUT2D eigenvalue weighted by molar-refractivity contribution is 7.99. The number of hydrogen-bond donors (Lipinski definition) is 2. The van der Waals surface area contributed by atoms with E-state index in [1.165, 1.54) is 6.42 Å². The molecule has 1 amide bonds. The number of rotatable bonds is 9. The number of carbonyl (C=O) groups excluding carboxylic acids is 1. The second-order valence-corrected chi connectivity index (χ2v) is 7.25. The zero-order valence-electron chi connectivity index (χ0n) is 13.2. The predicted molar refractivity (Wildman–Crippen MR) is 86.7 cm³/mol. The molecule has 122 valence electrons. The number of carbonyl (C=O) groups is 2. The van der Waals surface area contributed by atoms with Crippen LogP contribution in [0.1, 0.15) is 38.5 Å². The second-order valence-electron chi connectivity index (χ2n) is 6.15. The number of aliphatic carboxylic acids is 1. The maximum atomic E-state index is 11.4. The standard InChI is InChI=1S/C15H28N2O3S/c1-17(2)13(18)11-21-9-8-16-12-15(10-14(19)20)6-4-3-5-7-15/h16H,3-12H2,1-2H3,(H,19,20). The molecular formula is C15H28N2O3S. The molecule has 0 aromatic heterocycles. The van der Waals surface area contributed by atoms with E-state index in [2.05, 4.69) is 5.32 Å². The number of thioether (sulfide) groups is 1. The molecule has 5 nitrogen and oxygen atoms in total. The van der Waals surface area contributed by atoms with Crippen LogP contribution in [0.25, 0.3) is 0 Å². The molecule has 0 bridgehead atoms. The highest BCUT2D eigenvalue weighted by Crippen LogP contribution is 2.38. The van der Waals surface area contributed by atoms with Gasteiger partial charge in [-0.2, -0.15) is 11.8 Å². The first-order chi connectivity index (χ1) is 9.95. The van der Waals surface area contributed by atoms with Crippen molar-refractivity contribution < 1.29 is 14.7 Å². The molecule has 0 heterocycles. The molecule has 0 aromatic carbocycles. The van der Waals surface area contributed by atoms with Crippen LogP contribution in [0.5, 0.6) is 0 Å². The Balaban J connectivity index is 2.21. The Hall–Kier alpha value is -0.750. The largest absolute Gasteiger partial charge is 0.481 e. The summed E-state index contributed by atoms with van der Waals surface area (Å²) in [4.78, 5) is 24.1. The van der Waals surface area contributed by atoms with Gasteiger partial charge in [0, 0.05) is 32.9 Å². The average Bonchev–Trinajstić information content (AvgIpc) is 2.42. The topological polar surface area (TPSA) is 69.6 Å². The van der Waals surface area contributed by atoms with E-state index in [4.69, 9.17) is 5.11 Å². The number of amides is 1. The molecule has 0 saturated heterocycles. The van der Waals surface area contributed by atoms with Crippen LogP contribution in [0.2, 0.25) is 0 Å². The number of nitrogens with one attached hydrogen (secondary N) is 1. The molecule has 0 spiro atoms. The Kier molecular flexibility index (Phi) is 8.11. The molecular weight excluding hydrogens is 288 g/mol. The maximum Gasteiger partial charge on any atom is 0.303 e. The van der Waals surface area contributed by atoms with Gasteiger partial charge in [-0.25, -0.2) is 0 Å². The SMILES string of the molecule is CN(C)C(=O)CSCCNCC1(CC(=O)O)CCCCC1. The molecule has 0 radical (unpaired) electrons. The van der Waals surface area contributed by atoms with Crippen molar-refractivity contribution in [1.82, 2.24) is 10.2 Å². The zero-order chi connectivity index (χ0) is 15.7. The summed E-state index contributed by atoms with van der Waals surface area (Å²) in [5, 5.41) is 12.5. The van der Waals surface area contributed by atoms with E-state index in [-0.39, 0.29) is 17.7 Å². The molecule has 1 fully saturated rings. The van der Waals surface area contributed by atoms with Crippen LogP contribution in [0.3, 0.4) is 0 Å². The number of nitrogens with zero attached hydrogens (tertiary/aromatic N) is 1. The summed E-state index contributed by atoms with van der Waals surface area (Å²) in [6.07, 6.45) is 5.80. The van der Waals surface area contributed by atoms with Crippen LogP contribution < -0.4 is 5.32 Å². The second kappa shape index (κ2) is 9.30. The Morgan fingerprint density at radius 1 is 1.24 bits per heavy atom. The van der Waals surface area contributed by atoms with Crippen LogP contribution in [-0.2, 0) is 9.59 Å². The van der Waals surface area contributed by atoms with Crippen LogP contribution in [0.15, 0.2) is 0 Å². The van der Waals surface area contributed by atoms with Gasteiger partial charge in [0.2, 0.25) is 5.91 Å². The van der Waals surface area contributed by atoms with Crippen molar-refractivity contribution in [3.63, 3.8) is 0 Å². The van der Waals surface area contributed by atoms with Gasteiger partial charge >= 0.3 is 5.97 Å². The van der Waals surface area contributed by atoms with Crippen molar-refractivity contribution in [2.75, 3.05) is 38.7 Å². The van der Waals surface area contributed by atoms with Gasteiger partial charge < -0.3 is 15.3 Å². The Morgan fingerprint density at radius 2 is 1.90 bits per heavy atom. The third-order valence-corrected chi connectivity index (χ3v) is 5.03. The quantitative estimate of drug-likeness (QED) is 0.635. The van der Waals surface area contributed by atoms with Gasteiger partial charge in [0.25, 0.3) is 0 Å². The fourth-order valence-electron chi connectivity index (χ4n) is 2.83. The lowest BCUT2D eigenvalue weighted by Crippen LogP contribution is -2.38. The third-order valence-electron chi connectivity index (χ3n) is 4.09. The minimum atomic E-state index is -0.690. The molecule has 0 aliphatic heterocycles. The Bertz CT molecular complexity index is 342. The highest BCUT2D eigenvalue weighted by Gasteiger charge is 2.33. The molecule has 1 saturated carbocycles. The van der Waals surface area contributed by atoms with Gasteiger partial charge in [0.1, 0.15) is 0 Å². The van der Waals surface area contributed by atoms with E-state index in [0.717, 1.165) is 44.5 Å². The summed E-state index contributed by atoms with van der Waals surface area (Å²) >= 11 is 1.62. The van der Waals surface area contributed by atoms with Crippen molar-refractivity contribution in [1.29, 1.82) is 0 Å². The first kappa shape index (κ1) is 18.3. The molecule has 2 N–H and O–H groups in total. The third kappa shape index (κ3) is 7.18. The lowest BCUT2D eigenvalue weighted by Gasteiger charge is -2.36. The maximum absolute atomic E-state index is 11.4. The molecule has 6 heteroatoms. The molecule has 0 unspecified atom stereocenters. The number of hydrogen-bond acceptors (Lipinski definition) is 4. The van der Waals surface area contributed by atoms with Crippen LogP contribution in [-0.4, -0.2) is 60.6 Å². The van der Waals surface area contributed by atoms with Crippen LogP contribution >= 0.6 is 11.8 Å². The minimum Gasteiger partial charge on any atom is -0.481 e. The van der Waals surface area contributed by atoms with Crippen molar-refractivity contribution in [3.8, 4) is 0 Å². The van der Waals surface area contributed by atoms with E-state index >= 15 is 0 Å². The number of carboxylic acid groups (broad SMARTS) is 1. The monoisotopic (exact) mass is 316 g/mol. The molecule has 1 aliphatic carbocycles. The molecule has 0 atom stereocenters. The fourth-order valence-corrected chi connectivity index (χ4v) is 3.69. The fraction of sp³-hybridized carbons (Fsp3) is 0.867. The van der Waals surface area contributed by atoms with Crippen LogP contribution in [0, 0.1) is 5.41 Å². The van der Waals surface area contributed by atoms with E-state index in [9.17, 15) is 9.59 Å². The lowest BCUT2D eigenvalue weighted by molar-refractivity contribution is -0.140.